The van der Waals surface area contributed by atoms with Crippen LogP contribution < -0.4 is 19.7 Å². The maximum atomic E-state index is 13.6. The number of carbonyl (C=O) groups is 3. The van der Waals surface area contributed by atoms with E-state index in [2.05, 4.69) is 15.4 Å². The van der Waals surface area contributed by atoms with Crippen LogP contribution in [0.5, 0.6) is 11.6 Å². The van der Waals surface area contributed by atoms with Gasteiger partial charge >= 0.3 is 12.2 Å². The van der Waals surface area contributed by atoms with Crippen LogP contribution in [0.3, 0.4) is 0 Å². The normalized spacial score (nSPS) is 19.0. The number of ether oxygens (including phenoxy) is 3. The number of benzene rings is 2. The molecule has 3 heterocycles. The van der Waals surface area contributed by atoms with Crippen LogP contribution in [-0.4, -0.2) is 57.8 Å². The molecule has 6 rings (SSSR count). The molecule has 43 heavy (non-hydrogen) atoms. The number of nitrogens with one attached hydrogen (secondary N) is 1. The maximum absolute atomic E-state index is 13.6. The Hall–Kier alpha value is -5.13. The Morgan fingerprint density at radius 1 is 1.09 bits per heavy atom. The second-order valence-electron chi connectivity index (χ2n) is 11.7. The molecule has 0 unspecified atom stereocenters. The summed E-state index contributed by atoms with van der Waals surface area (Å²) >= 11 is 0. The fraction of sp³-hybridized carbons (Fsp3) is 0.323. The van der Waals surface area contributed by atoms with Crippen molar-refractivity contribution in [3.8, 4) is 11.6 Å². The Morgan fingerprint density at radius 3 is 2.53 bits per heavy atom. The summed E-state index contributed by atoms with van der Waals surface area (Å²) in [5.41, 5.74) is 1.78. The SMILES string of the molecule is COc1ccc2c(c1)[C@]1(C[C@H]1c1ccc3c(Nc4cc(C)cnc4OC)nn(C(=O)OC(C)(C)C)c3c1)C(=O)N2C(=O)O. The number of aryl methyl sites for hydroxylation is 1. The van der Waals surface area contributed by atoms with E-state index in [1.165, 1.54) is 18.9 Å². The fourth-order valence-corrected chi connectivity index (χ4v) is 5.83. The van der Waals surface area contributed by atoms with Gasteiger partial charge in [0.25, 0.3) is 0 Å². The molecular weight excluding hydrogens is 554 g/mol. The van der Waals surface area contributed by atoms with Gasteiger partial charge in [0.05, 0.1) is 30.8 Å². The Balaban J connectivity index is 1.46. The van der Waals surface area contributed by atoms with Crippen molar-refractivity contribution in [1.82, 2.24) is 14.8 Å². The van der Waals surface area contributed by atoms with Crippen LogP contribution in [0.1, 0.15) is 49.8 Å². The molecule has 12 nitrogen and oxygen atoms in total. The lowest BCUT2D eigenvalue weighted by Gasteiger charge is -2.19. The number of methoxy groups -OCH3 is 2. The average Bonchev–Trinajstić information content (AvgIpc) is 3.53. The van der Waals surface area contributed by atoms with Crippen molar-refractivity contribution in [2.45, 2.75) is 51.0 Å². The molecule has 12 heteroatoms. The van der Waals surface area contributed by atoms with Crippen LogP contribution in [0.25, 0.3) is 10.9 Å². The van der Waals surface area contributed by atoms with Gasteiger partial charge in [0.2, 0.25) is 11.8 Å². The molecule has 222 valence electrons. The summed E-state index contributed by atoms with van der Waals surface area (Å²) in [7, 11) is 3.03. The zero-order chi connectivity index (χ0) is 30.8. The van der Waals surface area contributed by atoms with E-state index in [1.54, 1.807) is 51.2 Å². The summed E-state index contributed by atoms with van der Waals surface area (Å²) in [4.78, 5) is 44.2. The molecule has 1 aliphatic heterocycles. The van der Waals surface area contributed by atoms with Crippen molar-refractivity contribution in [2.24, 2.45) is 0 Å². The van der Waals surface area contributed by atoms with E-state index in [0.717, 1.165) is 16.0 Å². The topological polar surface area (TPSA) is 145 Å². The van der Waals surface area contributed by atoms with Crippen LogP contribution in [0.2, 0.25) is 0 Å². The molecule has 1 spiro atoms. The molecule has 1 saturated carbocycles. The van der Waals surface area contributed by atoms with Gasteiger partial charge in [0, 0.05) is 17.5 Å². The first-order valence-corrected chi connectivity index (χ1v) is 13.7. The molecule has 2 amide bonds. The minimum atomic E-state index is -1.34. The second kappa shape index (κ2) is 9.72. The lowest BCUT2D eigenvalue weighted by molar-refractivity contribution is -0.119. The molecule has 2 N–H and O–H groups in total. The standard InChI is InChI=1S/C31H31N5O7/c1-16-11-22(26(42-6)32-15-16)33-25-19-9-7-17(12-24(19)36(34-25)29(40)43-30(2,3)4)21-14-31(21)20-13-18(41-5)8-10-23(20)35(27(31)37)28(38)39/h7-13,15,21H,14H2,1-6H3,(H,33,34)(H,38,39)/t21-,31-/m0/s1. The van der Waals surface area contributed by atoms with Crippen molar-refractivity contribution in [3.63, 3.8) is 0 Å². The van der Waals surface area contributed by atoms with E-state index in [1.807, 2.05) is 25.1 Å². The van der Waals surface area contributed by atoms with Crippen LogP contribution in [0, 0.1) is 6.92 Å². The average molecular weight is 586 g/mol. The van der Waals surface area contributed by atoms with Crippen LogP contribution in [0.15, 0.2) is 48.7 Å². The van der Waals surface area contributed by atoms with Crippen molar-refractivity contribution >= 4 is 46.2 Å². The number of hydrogen-bond acceptors (Lipinski definition) is 9. The van der Waals surface area contributed by atoms with Gasteiger partial charge in [-0.3, -0.25) is 4.79 Å². The Kier molecular flexibility index (Phi) is 6.33. The predicted octanol–water partition coefficient (Wildman–Crippen LogP) is 5.73. The number of anilines is 3. The summed E-state index contributed by atoms with van der Waals surface area (Å²) in [6.45, 7) is 7.20. The summed E-state index contributed by atoms with van der Waals surface area (Å²) < 4.78 is 17.6. The van der Waals surface area contributed by atoms with E-state index < -0.39 is 29.1 Å². The first-order chi connectivity index (χ1) is 20.4. The monoisotopic (exact) mass is 585 g/mol. The highest BCUT2D eigenvalue weighted by Crippen LogP contribution is 2.67. The van der Waals surface area contributed by atoms with Crippen LogP contribution in [-0.2, 0) is 14.9 Å². The van der Waals surface area contributed by atoms with E-state index in [4.69, 9.17) is 14.2 Å². The summed E-state index contributed by atoms with van der Waals surface area (Å²) in [5, 5.41) is 18.3. The summed E-state index contributed by atoms with van der Waals surface area (Å²) in [6.07, 6.45) is 0.0720. The summed E-state index contributed by atoms with van der Waals surface area (Å²) in [5.74, 6) is 0.431. The van der Waals surface area contributed by atoms with Gasteiger partial charge in [-0.05, 0) is 87.2 Å². The largest absolute Gasteiger partial charge is 0.497 e. The van der Waals surface area contributed by atoms with Crippen molar-refractivity contribution in [2.75, 3.05) is 24.4 Å². The molecule has 2 aromatic heterocycles. The van der Waals surface area contributed by atoms with Crippen molar-refractivity contribution in [3.05, 3.63) is 65.4 Å². The number of carboxylic acid groups (broad SMARTS) is 1. The minimum absolute atomic E-state index is 0.327. The highest BCUT2D eigenvalue weighted by molar-refractivity contribution is 6.22. The predicted molar refractivity (Wildman–Crippen MR) is 158 cm³/mol. The van der Waals surface area contributed by atoms with Crippen LogP contribution in [0.4, 0.5) is 26.8 Å². The zero-order valence-electron chi connectivity index (χ0n) is 24.6. The molecule has 0 saturated heterocycles. The fourth-order valence-electron chi connectivity index (χ4n) is 5.83. The lowest BCUT2D eigenvalue weighted by atomic mass is 9.91. The third kappa shape index (κ3) is 4.49. The van der Waals surface area contributed by atoms with Crippen molar-refractivity contribution < 1.29 is 33.7 Å². The van der Waals surface area contributed by atoms with Gasteiger partial charge in [-0.2, -0.15) is 4.68 Å². The summed E-state index contributed by atoms with van der Waals surface area (Å²) in [6, 6.07) is 12.3. The van der Waals surface area contributed by atoms with Crippen LogP contribution >= 0.6 is 0 Å². The molecule has 0 bridgehead atoms. The number of fused-ring (bicyclic) bond motifs is 3. The van der Waals surface area contributed by atoms with Crippen molar-refractivity contribution in [1.29, 1.82) is 0 Å². The molecule has 1 aliphatic carbocycles. The number of carbonyl (C=O) groups excluding carboxylic acids is 2. The van der Waals surface area contributed by atoms with E-state index >= 15 is 0 Å². The third-order valence-corrected chi connectivity index (χ3v) is 7.77. The molecular formula is C31H31N5O7. The smallest absolute Gasteiger partial charge is 0.435 e. The third-order valence-electron chi connectivity index (χ3n) is 7.77. The zero-order valence-corrected chi connectivity index (χ0v) is 24.6. The van der Waals surface area contributed by atoms with Gasteiger partial charge in [-0.1, -0.05) is 6.07 Å². The Morgan fingerprint density at radius 2 is 1.86 bits per heavy atom. The molecule has 2 aromatic carbocycles. The number of pyridine rings is 1. The Bertz CT molecular complexity index is 1830. The second-order valence-corrected chi connectivity index (χ2v) is 11.7. The first-order valence-electron chi connectivity index (χ1n) is 13.7. The van der Waals surface area contributed by atoms with Gasteiger partial charge < -0.3 is 24.6 Å². The lowest BCUT2D eigenvalue weighted by Crippen LogP contribution is -2.36. The van der Waals surface area contributed by atoms with E-state index in [9.17, 15) is 19.5 Å². The number of nitrogens with zero attached hydrogens (tertiary/aromatic N) is 4. The molecule has 2 aliphatic rings. The maximum Gasteiger partial charge on any atom is 0.435 e. The number of amides is 2. The minimum Gasteiger partial charge on any atom is -0.497 e. The first kappa shape index (κ1) is 28.0. The van der Waals surface area contributed by atoms with Gasteiger partial charge in [-0.15, -0.1) is 5.10 Å². The van der Waals surface area contributed by atoms with Gasteiger partial charge in [0.1, 0.15) is 17.0 Å². The Labute approximate surface area is 247 Å². The molecule has 1 fully saturated rings. The highest BCUT2D eigenvalue weighted by Gasteiger charge is 2.68. The molecule has 0 radical (unpaired) electrons. The van der Waals surface area contributed by atoms with E-state index in [0.29, 0.717) is 51.7 Å². The quantitative estimate of drug-likeness (QED) is 0.298. The van der Waals surface area contributed by atoms with Gasteiger partial charge in [-0.25, -0.2) is 19.5 Å². The molecule has 2 atom stereocenters. The number of aromatic nitrogens is 3. The number of rotatable bonds is 5. The molecule has 4 aromatic rings. The number of hydrogen-bond donors (Lipinski definition) is 2. The number of imide groups is 1. The van der Waals surface area contributed by atoms with E-state index in [-0.39, 0.29) is 5.92 Å². The highest BCUT2D eigenvalue weighted by atomic mass is 16.6. The van der Waals surface area contributed by atoms with Gasteiger partial charge in [0.15, 0.2) is 5.82 Å².